The molecule has 10 heteroatoms. The molecule has 0 unspecified atom stereocenters. The molecule has 3 aromatic rings. The molecule has 194 valence electrons. The molecule has 1 aromatic heterocycles. The van der Waals surface area contributed by atoms with E-state index in [9.17, 15) is 14.4 Å². The van der Waals surface area contributed by atoms with Crippen LogP contribution in [0.15, 0.2) is 60.8 Å². The molecule has 38 heavy (non-hydrogen) atoms. The highest BCUT2D eigenvalue weighted by atomic mass is 16.5. The number of barbiturate groups is 1. The Bertz CT molecular complexity index is 1390. The van der Waals surface area contributed by atoms with Gasteiger partial charge in [-0.25, -0.2) is 9.78 Å². The number of nitrogens with one attached hydrogen (secondary N) is 2. The van der Waals surface area contributed by atoms with Crippen LogP contribution < -0.4 is 29.9 Å². The van der Waals surface area contributed by atoms with E-state index in [0.29, 0.717) is 36.7 Å². The summed E-state index contributed by atoms with van der Waals surface area (Å²) in [5.41, 5.74) is 2.62. The van der Waals surface area contributed by atoms with Crippen molar-refractivity contribution < 1.29 is 23.9 Å². The van der Waals surface area contributed by atoms with E-state index in [2.05, 4.69) is 38.7 Å². The normalized spacial score (nSPS) is 18.2. The van der Waals surface area contributed by atoms with Crippen molar-refractivity contribution in [1.29, 1.82) is 0 Å². The van der Waals surface area contributed by atoms with Crippen molar-refractivity contribution in [3.8, 4) is 17.4 Å². The fourth-order valence-electron chi connectivity index (χ4n) is 5.57. The fourth-order valence-corrected chi connectivity index (χ4v) is 5.57. The number of aryl methyl sites for hydroxylation is 1. The largest absolute Gasteiger partial charge is 0.497 e. The van der Waals surface area contributed by atoms with Gasteiger partial charge in [0.25, 0.3) is 11.8 Å². The van der Waals surface area contributed by atoms with Gasteiger partial charge in [-0.1, -0.05) is 0 Å². The lowest BCUT2D eigenvalue weighted by molar-refractivity contribution is -0.137. The number of imide groups is 2. The highest BCUT2D eigenvalue weighted by Gasteiger charge is 2.57. The molecule has 1 spiro atoms. The number of urea groups is 1. The van der Waals surface area contributed by atoms with Gasteiger partial charge in [0.2, 0.25) is 5.88 Å². The Morgan fingerprint density at radius 2 is 1.61 bits per heavy atom. The molecule has 4 heterocycles. The molecule has 3 aliphatic rings. The number of hydrogen-bond acceptors (Lipinski definition) is 8. The van der Waals surface area contributed by atoms with E-state index in [0.717, 1.165) is 36.5 Å². The van der Waals surface area contributed by atoms with Crippen molar-refractivity contribution >= 4 is 34.9 Å². The molecule has 6 rings (SSSR count). The first-order chi connectivity index (χ1) is 18.5. The fraction of sp³-hybridized carbons (Fsp3) is 0.286. The smallest absolute Gasteiger partial charge is 0.328 e. The van der Waals surface area contributed by atoms with Crippen LogP contribution in [0.4, 0.5) is 21.9 Å². The number of carbonyl (C=O) groups excluding carboxylic acids is 3. The van der Waals surface area contributed by atoms with Crippen LogP contribution in [0.2, 0.25) is 0 Å². The van der Waals surface area contributed by atoms with Gasteiger partial charge in [-0.05, 0) is 79.8 Å². The van der Waals surface area contributed by atoms with E-state index in [4.69, 9.17) is 9.47 Å². The van der Waals surface area contributed by atoms with Crippen molar-refractivity contribution in [2.45, 2.75) is 31.2 Å². The molecule has 10 nitrogen and oxygen atoms in total. The minimum absolute atomic E-state index is 0.318. The van der Waals surface area contributed by atoms with Crippen LogP contribution >= 0.6 is 0 Å². The van der Waals surface area contributed by atoms with Crippen LogP contribution in [-0.2, 0) is 16.0 Å². The maximum absolute atomic E-state index is 12.7. The molecule has 2 aromatic carbocycles. The molecule has 0 radical (unpaired) electrons. The molecule has 0 aliphatic carbocycles. The average molecular weight is 514 g/mol. The zero-order valence-electron chi connectivity index (χ0n) is 20.9. The summed E-state index contributed by atoms with van der Waals surface area (Å²) >= 11 is 0. The first kappa shape index (κ1) is 23.8. The van der Waals surface area contributed by atoms with E-state index in [1.165, 1.54) is 5.56 Å². The number of methoxy groups -OCH3 is 1. The number of aromatic nitrogens is 1. The number of carbonyl (C=O) groups is 3. The number of rotatable bonds is 5. The van der Waals surface area contributed by atoms with E-state index in [1.54, 1.807) is 30.3 Å². The highest BCUT2D eigenvalue weighted by molar-refractivity contribution is 6.24. The number of nitrogens with zero attached hydrogens (tertiary/aromatic N) is 3. The predicted octanol–water partition coefficient (Wildman–Crippen LogP) is 3.67. The van der Waals surface area contributed by atoms with Gasteiger partial charge in [0.05, 0.1) is 19.0 Å². The lowest BCUT2D eigenvalue weighted by Gasteiger charge is -2.38. The SMILES string of the molecule is COc1ccc(N2CCCc3cc(Oc4ccc(N5CCCC56C(=O)NC(=O)NC6=O)cn4)ccc32)cc1. The van der Waals surface area contributed by atoms with Crippen molar-refractivity contribution in [2.24, 2.45) is 0 Å². The summed E-state index contributed by atoms with van der Waals surface area (Å²) in [6.07, 6.45) is 4.52. The number of anilines is 3. The summed E-state index contributed by atoms with van der Waals surface area (Å²) in [4.78, 5) is 45.4. The molecule has 3 aliphatic heterocycles. The molecule has 2 fully saturated rings. The summed E-state index contributed by atoms with van der Waals surface area (Å²) in [6.45, 7) is 1.43. The summed E-state index contributed by atoms with van der Waals surface area (Å²) in [5.74, 6) is 0.692. The monoisotopic (exact) mass is 513 g/mol. The van der Waals surface area contributed by atoms with Gasteiger partial charge in [0.1, 0.15) is 11.5 Å². The minimum atomic E-state index is -1.45. The minimum Gasteiger partial charge on any atom is -0.497 e. The lowest BCUT2D eigenvalue weighted by Crippen LogP contribution is -2.71. The van der Waals surface area contributed by atoms with E-state index in [1.807, 2.05) is 24.3 Å². The van der Waals surface area contributed by atoms with E-state index >= 15 is 0 Å². The topological polar surface area (TPSA) is 113 Å². The van der Waals surface area contributed by atoms with Crippen molar-refractivity contribution in [2.75, 3.05) is 30.0 Å². The zero-order chi connectivity index (χ0) is 26.3. The van der Waals surface area contributed by atoms with Crippen LogP contribution in [0.5, 0.6) is 17.4 Å². The van der Waals surface area contributed by atoms with Crippen LogP contribution in [-0.4, -0.2) is 48.6 Å². The van der Waals surface area contributed by atoms with Crippen molar-refractivity contribution in [3.05, 3.63) is 66.4 Å². The third-order valence-electron chi connectivity index (χ3n) is 7.39. The Balaban J connectivity index is 1.20. The second-order valence-corrected chi connectivity index (χ2v) is 9.55. The summed E-state index contributed by atoms with van der Waals surface area (Å²) in [5, 5.41) is 4.45. The van der Waals surface area contributed by atoms with Crippen LogP contribution in [0.1, 0.15) is 24.8 Å². The van der Waals surface area contributed by atoms with E-state index < -0.39 is 23.4 Å². The van der Waals surface area contributed by atoms with Crippen molar-refractivity contribution in [1.82, 2.24) is 15.6 Å². The summed E-state index contributed by atoms with van der Waals surface area (Å²) in [6, 6.07) is 16.8. The standard InChI is InChI=1S/C28H27N5O5/c1-37-21-8-5-19(6-9-21)32-14-2-4-18-16-22(10-11-23(18)32)38-24-12-7-20(17-29-24)33-15-3-13-28(33)25(34)30-27(36)31-26(28)35/h5-12,16-17H,2-4,13-15H2,1H3,(H2,30,31,34,35,36). The summed E-state index contributed by atoms with van der Waals surface area (Å²) in [7, 11) is 1.66. The molecule has 0 bridgehead atoms. The lowest BCUT2D eigenvalue weighted by atomic mass is 9.92. The van der Waals surface area contributed by atoms with Gasteiger partial charge in [-0.3, -0.25) is 20.2 Å². The third-order valence-corrected chi connectivity index (χ3v) is 7.39. The number of pyridine rings is 1. The van der Waals surface area contributed by atoms with Crippen LogP contribution in [0.25, 0.3) is 0 Å². The Morgan fingerprint density at radius 1 is 0.868 bits per heavy atom. The average Bonchev–Trinajstić information content (AvgIpc) is 3.38. The van der Waals surface area contributed by atoms with Crippen LogP contribution in [0.3, 0.4) is 0 Å². The molecule has 2 N–H and O–H groups in total. The summed E-state index contributed by atoms with van der Waals surface area (Å²) < 4.78 is 11.3. The van der Waals surface area contributed by atoms with Gasteiger partial charge < -0.3 is 19.3 Å². The van der Waals surface area contributed by atoms with E-state index in [-0.39, 0.29) is 0 Å². The second kappa shape index (κ2) is 9.37. The predicted molar refractivity (Wildman–Crippen MR) is 140 cm³/mol. The molecule has 4 amide bonds. The van der Waals surface area contributed by atoms with Crippen molar-refractivity contribution in [3.63, 3.8) is 0 Å². The Kier molecular flexibility index (Phi) is 5.86. The molecule has 0 saturated carbocycles. The Hall–Kier alpha value is -4.60. The Morgan fingerprint density at radius 3 is 2.32 bits per heavy atom. The molecular formula is C28H27N5O5. The first-order valence-electron chi connectivity index (χ1n) is 12.6. The molecule has 2 saturated heterocycles. The maximum Gasteiger partial charge on any atom is 0.328 e. The maximum atomic E-state index is 12.7. The second-order valence-electron chi connectivity index (χ2n) is 9.55. The number of amides is 4. The van der Waals surface area contributed by atoms with Gasteiger partial charge in [0.15, 0.2) is 5.54 Å². The number of hydrogen-bond donors (Lipinski definition) is 2. The van der Waals surface area contributed by atoms with Gasteiger partial charge in [-0.2, -0.15) is 0 Å². The van der Waals surface area contributed by atoms with Gasteiger partial charge in [-0.15, -0.1) is 0 Å². The quantitative estimate of drug-likeness (QED) is 0.497. The van der Waals surface area contributed by atoms with Crippen LogP contribution in [0, 0.1) is 0 Å². The number of fused-ring (bicyclic) bond motifs is 1. The third kappa shape index (κ3) is 3.98. The number of benzene rings is 2. The molecular weight excluding hydrogens is 486 g/mol. The molecule has 0 atom stereocenters. The van der Waals surface area contributed by atoms with Gasteiger partial charge in [0, 0.05) is 30.5 Å². The Labute approximate surface area is 219 Å². The van der Waals surface area contributed by atoms with Gasteiger partial charge >= 0.3 is 6.03 Å². The zero-order valence-corrected chi connectivity index (χ0v) is 20.9. The first-order valence-corrected chi connectivity index (χ1v) is 12.6. The highest BCUT2D eigenvalue weighted by Crippen LogP contribution is 2.38. The number of ether oxygens (including phenoxy) is 2.